The molecule has 0 saturated heterocycles. The van der Waals surface area contributed by atoms with Gasteiger partial charge < -0.3 is 10.3 Å². The molecule has 0 unspecified atom stereocenters. The molecule has 0 aliphatic rings. The Morgan fingerprint density at radius 1 is 1.18 bits per heavy atom. The van der Waals surface area contributed by atoms with Crippen molar-refractivity contribution in [2.24, 2.45) is 0 Å². The monoisotopic (exact) mass is 393 g/mol. The highest BCUT2D eigenvalue weighted by molar-refractivity contribution is 6.31. The summed E-state index contributed by atoms with van der Waals surface area (Å²) in [5.74, 6) is 0. The van der Waals surface area contributed by atoms with Crippen molar-refractivity contribution in [2.45, 2.75) is 26.8 Å². The highest BCUT2D eigenvalue weighted by Gasteiger charge is 2.18. The molecule has 4 aromatic rings. The van der Waals surface area contributed by atoms with Crippen LogP contribution >= 0.6 is 11.6 Å². The SMILES string of the molecule is Cc1nn(C(=O)NCc2ccccc2Cl)c(C)c1Cc1c[nH]c2ncccc12. The molecule has 0 bridgehead atoms. The van der Waals surface area contributed by atoms with E-state index in [1.807, 2.05) is 50.4 Å². The number of pyridine rings is 1. The van der Waals surface area contributed by atoms with E-state index >= 15 is 0 Å². The highest BCUT2D eigenvalue weighted by Crippen LogP contribution is 2.23. The molecular weight excluding hydrogens is 374 g/mol. The molecule has 6 nitrogen and oxygen atoms in total. The van der Waals surface area contributed by atoms with Crippen LogP contribution in [0.5, 0.6) is 0 Å². The molecule has 7 heteroatoms. The average molecular weight is 394 g/mol. The van der Waals surface area contributed by atoms with Crippen LogP contribution in [0, 0.1) is 13.8 Å². The van der Waals surface area contributed by atoms with Crippen molar-refractivity contribution in [3.8, 4) is 0 Å². The number of hydrogen-bond donors (Lipinski definition) is 2. The molecule has 0 atom stereocenters. The first-order valence-electron chi connectivity index (χ1n) is 9.02. The highest BCUT2D eigenvalue weighted by atomic mass is 35.5. The fourth-order valence-corrected chi connectivity index (χ4v) is 3.57. The minimum absolute atomic E-state index is 0.271. The molecule has 0 radical (unpaired) electrons. The van der Waals surface area contributed by atoms with Gasteiger partial charge in [0.1, 0.15) is 5.65 Å². The van der Waals surface area contributed by atoms with Gasteiger partial charge in [0, 0.05) is 47.0 Å². The Bertz CT molecular complexity index is 1160. The van der Waals surface area contributed by atoms with Crippen LogP contribution in [0.25, 0.3) is 11.0 Å². The first-order valence-corrected chi connectivity index (χ1v) is 9.40. The first kappa shape index (κ1) is 18.3. The van der Waals surface area contributed by atoms with E-state index < -0.39 is 0 Å². The Morgan fingerprint density at radius 2 is 2.00 bits per heavy atom. The summed E-state index contributed by atoms with van der Waals surface area (Å²) >= 11 is 6.16. The van der Waals surface area contributed by atoms with E-state index in [0.29, 0.717) is 18.0 Å². The molecule has 28 heavy (non-hydrogen) atoms. The lowest BCUT2D eigenvalue weighted by molar-refractivity contribution is 0.238. The molecule has 1 amide bonds. The summed E-state index contributed by atoms with van der Waals surface area (Å²) in [4.78, 5) is 20.2. The molecule has 3 heterocycles. The number of fused-ring (bicyclic) bond motifs is 1. The average Bonchev–Trinajstić information content (AvgIpc) is 3.23. The number of benzene rings is 1. The van der Waals surface area contributed by atoms with Crippen LogP contribution in [0.4, 0.5) is 4.79 Å². The normalized spacial score (nSPS) is 11.1. The van der Waals surface area contributed by atoms with Gasteiger partial charge in [-0.05, 0) is 43.2 Å². The van der Waals surface area contributed by atoms with E-state index in [-0.39, 0.29) is 6.03 Å². The lowest BCUT2D eigenvalue weighted by atomic mass is 10.0. The molecule has 142 valence electrons. The summed E-state index contributed by atoms with van der Waals surface area (Å²) in [6.45, 7) is 4.19. The number of aromatic amines is 1. The van der Waals surface area contributed by atoms with Crippen LogP contribution in [0.2, 0.25) is 5.02 Å². The predicted octanol–water partition coefficient (Wildman–Crippen LogP) is 4.38. The van der Waals surface area contributed by atoms with Gasteiger partial charge in [-0.25, -0.2) is 9.78 Å². The molecular formula is C21H20ClN5O. The zero-order valence-electron chi connectivity index (χ0n) is 15.7. The molecule has 0 fully saturated rings. The van der Waals surface area contributed by atoms with Crippen LogP contribution < -0.4 is 5.32 Å². The van der Waals surface area contributed by atoms with Crippen molar-refractivity contribution in [2.75, 3.05) is 0 Å². The van der Waals surface area contributed by atoms with E-state index in [9.17, 15) is 4.79 Å². The number of nitrogens with one attached hydrogen (secondary N) is 2. The summed E-state index contributed by atoms with van der Waals surface area (Å²) in [5, 5.41) is 9.05. The van der Waals surface area contributed by atoms with E-state index in [1.165, 1.54) is 4.68 Å². The van der Waals surface area contributed by atoms with Crippen LogP contribution in [0.15, 0.2) is 48.8 Å². The molecule has 0 aliphatic carbocycles. The Hall–Kier alpha value is -3.12. The largest absolute Gasteiger partial charge is 0.346 e. The number of nitrogens with zero attached hydrogens (tertiary/aromatic N) is 3. The van der Waals surface area contributed by atoms with E-state index in [1.54, 1.807) is 12.3 Å². The Morgan fingerprint density at radius 3 is 2.82 bits per heavy atom. The number of rotatable bonds is 4. The maximum atomic E-state index is 12.7. The predicted molar refractivity (Wildman–Crippen MR) is 110 cm³/mol. The standard InChI is InChI=1S/C21H20ClN5O/c1-13-18(10-16-12-24-20-17(16)7-5-9-23-20)14(2)27(26-13)21(28)25-11-15-6-3-4-8-19(15)22/h3-9,12H,10-11H2,1-2H3,(H,23,24)(H,25,28). The van der Waals surface area contributed by atoms with Crippen molar-refractivity contribution < 1.29 is 4.79 Å². The number of hydrogen-bond acceptors (Lipinski definition) is 3. The van der Waals surface area contributed by atoms with Gasteiger partial charge in [-0.3, -0.25) is 0 Å². The third-order valence-corrected chi connectivity index (χ3v) is 5.29. The number of aromatic nitrogens is 4. The van der Waals surface area contributed by atoms with Crippen LogP contribution in [0.3, 0.4) is 0 Å². The molecule has 4 rings (SSSR count). The number of amides is 1. The lowest BCUT2D eigenvalue weighted by Gasteiger charge is -2.08. The maximum Gasteiger partial charge on any atom is 0.342 e. The topological polar surface area (TPSA) is 75.6 Å². The Balaban J connectivity index is 1.55. The van der Waals surface area contributed by atoms with Gasteiger partial charge in [-0.15, -0.1) is 0 Å². The van der Waals surface area contributed by atoms with Crippen molar-refractivity contribution in [1.82, 2.24) is 25.1 Å². The first-order chi connectivity index (χ1) is 13.5. The summed E-state index contributed by atoms with van der Waals surface area (Å²) in [7, 11) is 0. The number of halogens is 1. The lowest BCUT2D eigenvalue weighted by Crippen LogP contribution is -2.29. The Labute approximate surface area is 167 Å². The van der Waals surface area contributed by atoms with Gasteiger partial charge in [0.05, 0.1) is 5.69 Å². The van der Waals surface area contributed by atoms with Gasteiger partial charge in [0.2, 0.25) is 0 Å². The second-order valence-corrected chi connectivity index (χ2v) is 7.11. The zero-order chi connectivity index (χ0) is 19.7. The van der Waals surface area contributed by atoms with Crippen molar-refractivity contribution >= 4 is 28.7 Å². The quantitative estimate of drug-likeness (QED) is 0.540. The Kier molecular flexibility index (Phi) is 4.88. The third-order valence-electron chi connectivity index (χ3n) is 4.93. The van der Waals surface area contributed by atoms with Gasteiger partial charge >= 0.3 is 6.03 Å². The fraction of sp³-hybridized carbons (Fsp3) is 0.190. The van der Waals surface area contributed by atoms with Gasteiger partial charge in [0.15, 0.2) is 0 Å². The minimum atomic E-state index is -0.271. The minimum Gasteiger partial charge on any atom is -0.346 e. The summed E-state index contributed by atoms with van der Waals surface area (Å²) in [6, 6.07) is 11.1. The van der Waals surface area contributed by atoms with Gasteiger partial charge in [0.25, 0.3) is 0 Å². The third kappa shape index (κ3) is 3.39. The maximum absolute atomic E-state index is 12.7. The summed E-state index contributed by atoms with van der Waals surface area (Å²) < 4.78 is 1.43. The second kappa shape index (κ2) is 7.48. The molecule has 0 saturated carbocycles. The molecule has 3 aromatic heterocycles. The van der Waals surface area contributed by atoms with Crippen molar-refractivity contribution in [3.05, 3.63) is 81.9 Å². The molecule has 2 N–H and O–H groups in total. The van der Waals surface area contributed by atoms with E-state index in [4.69, 9.17) is 11.6 Å². The van der Waals surface area contributed by atoms with Crippen LogP contribution in [0.1, 0.15) is 28.1 Å². The van der Waals surface area contributed by atoms with E-state index in [0.717, 1.165) is 39.1 Å². The molecule has 0 spiro atoms. The zero-order valence-corrected chi connectivity index (χ0v) is 16.4. The number of H-pyrrole nitrogens is 1. The number of carbonyl (C=O) groups is 1. The number of aryl methyl sites for hydroxylation is 1. The number of carbonyl (C=O) groups excluding carboxylic acids is 1. The van der Waals surface area contributed by atoms with Crippen molar-refractivity contribution in [3.63, 3.8) is 0 Å². The van der Waals surface area contributed by atoms with Crippen molar-refractivity contribution in [1.29, 1.82) is 0 Å². The van der Waals surface area contributed by atoms with E-state index in [2.05, 4.69) is 20.4 Å². The second-order valence-electron chi connectivity index (χ2n) is 6.70. The van der Waals surface area contributed by atoms with Crippen LogP contribution in [-0.4, -0.2) is 25.8 Å². The van der Waals surface area contributed by atoms with Gasteiger partial charge in [-0.2, -0.15) is 9.78 Å². The van der Waals surface area contributed by atoms with Gasteiger partial charge in [-0.1, -0.05) is 29.8 Å². The summed E-state index contributed by atoms with van der Waals surface area (Å²) in [6.07, 6.45) is 4.41. The van der Waals surface area contributed by atoms with Crippen LogP contribution in [-0.2, 0) is 13.0 Å². The fourth-order valence-electron chi connectivity index (χ4n) is 3.37. The molecule has 0 aliphatic heterocycles. The summed E-state index contributed by atoms with van der Waals surface area (Å²) in [5.41, 5.74) is 5.56. The molecule has 1 aromatic carbocycles. The smallest absolute Gasteiger partial charge is 0.342 e.